The van der Waals surface area contributed by atoms with E-state index in [0.29, 0.717) is 6.42 Å². The van der Waals surface area contributed by atoms with Gasteiger partial charge in [-0.25, -0.2) is 4.79 Å². The molecule has 0 unspecified atom stereocenters. The Morgan fingerprint density at radius 2 is 1.76 bits per heavy atom. The van der Waals surface area contributed by atoms with Gasteiger partial charge in [-0.1, -0.05) is 36.4 Å². The third-order valence-corrected chi connectivity index (χ3v) is 3.61. The highest BCUT2D eigenvalue weighted by Gasteiger charge is 2.10. The normalized spacial score (nSPS) is 12.2. The van der Waals surface area contributed by atoms with Gasteiger partial charge in [-0.05, 0) is 50.1 Å². The zero-order chi connectivity index (χ0) is 18.1. The van der Waals surface area contributed by atoms with Gasteiger partial charge in [0.15, 0.2) is 0 Å². The van der Waals surface area contributed by atoms with Crippen molar-refractivity contribution in [3.05, 3.63) is 72.3 Å². The fraction of sp³-hybridized carbons (Fsp3) is 0.286. The molecule has 0 aliphatic carbocycles. The second kappa shape index (κ2) is 9.52. The number of hydrogen-bond acceptors (Lipinski definition) is 4. The molecular formula is C21H25NO3. The fourth-order valence-corrected chi connectivity index (χ4v) is 2.42. The SMILES string of the molecule is COc1ccc(N[C@@H](C/C=C/C(=O)OC(C)C)c2ccccc2)cc1. The van der Waals surface area contributed by atoms with E-state index in [9.17, 15) is 4.79 Å². The molecule has 2 rings (SSSR count). The summed E-state index contributed by atoms with van der Waals surface area (Å²) >= 11 is 0. The van der Waals surface area contributed by atoms with Crippen LogP contribution in [0.25, 0.3) is 0 Å². The summed E-state index contributed by atoms with van der Waals surface area (Å²) in [5.74, 6) is 0.504. The Kier molecular flexibility index (Phi) is 7.08. The summed E-state index contributed by atoms with van der Waals surface area (Å²) in [6, 6.07) is 18.0. The Hall–Kier alpha value is -2.75. The summed E-state index contributed by atoms with van der Waals surface area (Å²) in [4.78, 5) is 11.7. The van der Waals surface area contributed by atoms with E-state index in [1.165, 1.54) is 6.08 Å². The number of carbonyl (C=O) groups is 1. The van der Waals surface area contributed by atoms with Crippen LogP contribution in [-0.2, 0) is 9.53 Å². The van der Waals surface area contributed by atoms with Gasteiger partial charge in [0.1, 0.15) is 5.75 Å². The molecule has 1 N–H and O–H groups in total. The molecule has 0 heterocycles. The van der Waals surface area contributed by atoms with E-state index in [1.54, 1.807) is 7.11 Å². The van der Waals surface area contributed by atoms with E-state index >= 15 is 0 Å². The maximum atomic E-state index is 11.7. The van der Waals surface area contributed by atoms with E-state index in [4.69, 9.17) is 9.47 Å². The number of anilines is 1. The van der Waals surface area contributed by atoms with Gasteiger partial charge in [-0.3, -0.25) is 0 Å². The highest BCUT2D eigenvalue weighted by molar-refractivity contribution is 5.82. The molecule has 0 aromatic heterocycles. The first-order valence-electron chi connectivity index (χ1n) is 8.41. The predicted octanol–water partition coefficient (Wildman–Crippen LogP) is 4.75. The molecule has 0 aliphatic heterocycles. The molecule has 1 atom stereocenters. The third-order valence-electron chi connectivity index (χ3n) is 3.61. The van der Waals surface area contributed by atoms with Crippen LogP contribution in [0.3, 0.4) is 0 Å². The molecule has 0 bridgehead atoms. The van der Waals surface area contributed by atoms with Crippen LogP contribution in [0.4, 0.5) is 5.69 Å². The Bertz CT molecular complexity index is 678. The van der Waals surface area contributed by atoms with Crippen LogP contribution in [0.1, 0.15) is 31.9 Å². The molecule has 0 spiro atoms. The largest absolute Gasteiger partial charge is 0.497 e. The summed E-state index contributed by atoms with van der Waals surface area (Å²) in [6.07, 6.45) is 3.90. The van der Waals surface area contributed by atoms with Crippen LogP contribution in [0, 0.1) is 0 Å². The minimum absolute atomic E-state index is 0.0534. The van der Waals surface area contributed by atoms with E-state index in [2.05, 4.69) is 17.4 Å². The summed E-state index contributed by atoms with van der Waals surface area (Å²) in [5.41, 5.74) is 2.15. The number of rotatable bonds is 8. The molecule has 0 radical (unpaired) electrons. The highest BCUT2D eigenvalue weighted by Crippen LogP contribution is 2.24. The number of methoxy groups -OCH3 is 1. The molecule has 4 heteroatoms. The molecule has 0 aliphatic rings. The third kappa shape index (κ3) is 6.34. The minimum atomic E-state index is -0.314. The smallest absolute Gasteiger partial charge is 0.330 e. The molecule has 132 valence electrons. The molecule has 0 amide bonds. The Morgan fingerprint density at radius 1 is 1.08 bits per heavy atom. The van der Waals surface area contributed by atoms with Gasteiger partial charge in [-0.2, -0.15) is 0 Å². The number of nitrogens with one attached hydrogen (secondary N) is 1. The minimum Gasteiger partial charge on any atom is -0.497 e. The molecule has 0 fully saturated rings. The second-order valence-corrected chi connectivity index (χ2v) is 5.96. The number of ether oxygens (including phenoxy) is 2. The fourth-order valence-electron chi connectivity index (χ4n) is 2.42. The number of carbonyl (C=O) groups excluding carboxylic acids is 1. The van der Waals surface area contributed by atoms with Crippen molar-refractivity contribution in [2.24, 2.45) is 0 Å². The van der Waals surface area contributed by atoms with Gasteiger partial charge in [0.25, 0.3) is 0 Å². The van der Waals surface area contributed by atoms with Crippen molar-refractivity contribution in [1.82, 2.24) is 0 Å². The molecule has 2 aromatic carbocycles. The summed E-state index contributed by atoms with van der Waals surface area (Å²) in [7, 11) is 1.65. The average Bonchev–Trinajstić information content (AvgIpc) is 2.61. The average molecular weight is 339 g/mol. The van der Waals surface area contributed by atoms with Gasteiger partial charge in [0.05, 0.1) is 19.3 Å². The predicted molar refractivity (Wildman–Crippen MR) is 101 cm³/mol. The van der Waals surface area contributed by atoms with Crippen LogP contribution in [0.15, 0.2) is 66.7 Å². The van der Waals surface area contributed by atoms with E-state index in [0.717, 1.165) is 17.0 Å². The lowest BCUT2D eigenvalue weighted by Gasteiger charge is -2.19. The molecule has 0 saturated heterocycles. The lowest BCUT2D eigenvalue weighted by molar-refractivity contribution is -0.141. The van der Waals surface area contributed by atoms with Gasteiger partial charge in [0.2, 0.25) is 0 Å². The first-order valence-corrected chi connectivity index (χ1v) is 8.41. The number of hydrogen-bond donors (Lipinski definition) is 1. The van der Waals surface area contributed by atoms with Crippen molar-refractivity contribution >= 4 is 11.7 Å². The maximum absolute atomic E-state index is 11.7. The summed E-state index contributed by atoms with van der Waals surface area (Å²) in [6.45, 7) is 3.67. The van der Waals surface area contributed by atoms with Crippen LogP contribution < -0.4 is 10.1 Å². The van der Waals surface area contributed by atoms with Crippen LogP contribution >= 0.6 is 0 Å². The van der Waals surface area contributed by atoms with Gasteiger partial charge >= 0.3 is 5.97 Å². The first-order chi connectivity index (χ1) is 12.1. The van der Waals surface area contributed by atoms with Crippen molar-refractivity contribution in [3.63, 3.8) is 0 Å². The second-order valence-electron chi connectivity index (χ2n) is 5.96. The van der Waals surface area contributed by atoms with E-state index < -0.39 is 0 Å². The van der Waals surface area contributed by atoms with Crippen molar-refractivity contribution in [2.75, 3.05) is 12.4 Å². The number of esters is 1. The molecule has 25 heavy (non-hydrogen) atoms. The van der Waals surface area contributed by atoms with Crippen LogP contribution in [0.2, 0.25) is 0 Å². The lowest BCUT2D eigenvalue weighted by atomic mass is 10.0. The van der Waals surface area contributed by atoms with Gasteiger partial charge < -0.3 is 14.8 Å². The Balaban J connectivity index is 2.08. The molecule has 2 aromatic rings. The topological polar surface area (TPSA) is 47.6 Å². The number of benzene rings is 2. The van der Waals surface area contributed by atoms with Crippen LogP contribution in [-0.4, -0.2) is 19.2 Å². The first kappa shape index (κ1) is 18.6. The molecular weight excluding hydrogens is 314 g/mol. The van der Waals surface area contributed by atoms with Crippen molar-refractivity contribution in [1.29, 1.82) is 0 Å². The molecule has 4 nitrogen and oxygen atoms in total. The quantitative estimate of drug-likeness (QED) is 0.557. The zero-order valence-electron chi connectivity index (χ0n) is 14.9. The standard InChI is InChI=1S/C21H25NO3/c1-16(2)25-21(23)11-7-10-20(17-8-5-4-6-9-17)22-18-12-14-19(24-3)15-13-18/h4-9,11-16,20,22H,10H2,1-3H3/b11-7+/t20-/m0/s1. The van der Waals surface area contributed by atoms with Crippen molar-refractivity contribution in [2.45, 2.75) is 32.4 Å². The summed E-state index contributed by atoms with van der Waals surface area (Å²) < 4.78 is 10.3. The summed E-state index contributed by atoms with van der Waals surface area (Å²) in [5, 5.41) is 3.50. The van der Waals surface area contributed by atoms with Crippen molar-refractivity contribution in [3.8, 4) is 5.75 Å². The Morgan fingerprint density at radius 3 is 2.36 bits per heavy atom. The van der Waals surface area contributed by atoms with Crippen molar-refractivity contribution < 1.29 is 14.3 Å². The van der Waals surface area contributed by atoms with Gasteiger partial charge in [-0.15, -0.1) is 0 Å². The lowest BCUT2D eigenvalue weighted by Crippen LogP contribution is -2.11. The van der Waals surface area contributed by atoms with E-state index in [-0.39, 0.29) is 18.1 Å². The molecule has 0 saturated carbocycles. The van der Waals surface area contributed by atoms with E-state index in [1.807, 2.05) is 62.4 Å². The zero-order valence-corrected chi connectivity index (χ0v) is 14.9. The maximum Gasteiger partial charge on any atom is 0.330 e. The monoisotopic (exact) mass is 339 g/mol. The van der Waals surface area contributed by atoms with Crippen LogP contribution in [0.5, 0.6) is 5.75 Å². The Labute approximate surface area is 149 Å². The van der Waals surface area contributed by atoms with Gasteiger partial charge in [0, 0.05) is 11.8 Å². The highest BCUT2D eigenvalue weighted by atomic mass is 16.5.